The second kappa shape index (κ2) is 11.5. The normalized spacial score (nSPS) is 18.9. The first kappa shape index (κ1) is 30.0. The van der Waals surface area contributed by atoms with Crippen molar-refractivity contribution in [3.8, 4) is 5.75 Å². The van der Waals surface area contributed by atoms with Crippen LogP contribution in [0.4, 0.5) is 0 Å². The minimum absolute atomic E-state index is 0.0960. The lowest BCUT2D eigenvalue weighted by Gasteiger charge is -2.39. The SMILES string of the molecule is C=C(C)C(=O)OC(C)C1=C(Oc2ccc(C(=O)O)c(C(=O)O)c2)C=CC(C(=O)O)C1(OC(=O)C(=C)C)C(=O)O. The number of carboxylic acid groups (broad SMARTS) is 4. The number of carbonyl (C=O) groups excluding carboxylic acids is 2. The van der Waals surface area contributed by atoms with Gasteiger partial charge in [0.25, 0.3) is 5.60 Å². The number of hydrogen-bond acceptors (Lipinski definition) is 9. The summed E-state index contributed by atoms with van der Waals surface area (Å²) in [5.74, 6) is -12.0. The van der Waals surface area contributed by atoms with Crippen molar-refractivity contribution in [1.82, 2.24) is 0 Å². The highest BCUT2D eigenvalue weighted by Gasteiger charge is 2.60. The van der Waals surface area contributed by atoms with Gasteiger partial charge in [-0.1, -0.05) is 19.2 Å². The molecule has 1 aliphatic rings. The summed E-state index contributed by atoms with van der Waals surface area (Å²) in [6.45, 7) is 10.5. The topological polar surface area (TPSA) is 211 Å². The molecule has 2 rings (SSSR count). The number of rotatable bonds is 11. The Morgan fingerprint density at radius 1 is 0.897 bits per heavy atom. The van der Waals surface area contributed by atoms with Crippen LogP contribution in [0.3, 0.4) is 0 Å². The van der Waals surface area contributed by atoms with E-state index in [4.69, 9.17) is 14.2 Å². The van der Waals surface area contributed by atoms with Gasteiger partial charge in [0, 0.05) is 11.1 Å². The molecule has 3 unspecified atom stereocenters. The van der Waals surface area contributed by atoms with Crippen molar-refractivity contribution in [3.05, 3.63) is 77.1 Å². The van der Waals surface area contributed by atoms with Gasteiger partial charge in [-0.2, -0.15) is 0 Å². The molecular weight excluding hydrogens is 520 g/mol. The van der Waals surface area contributed by atoms with Gasteiger partial charge in [0.2, 0.25) is 0 Å². The summed E-state index contributed by atoms with van der Waals surface area (Å²) in [4.78, 5) is 72.8. The molecule has 0 fully saturated rings. The Hall–Kier alpha value is -5.20. The number of allylic oxidation sites excluding steroid dienone is 1. The summed E-state index contributed by atoms with van der Waals surface area (Å²) in [7, 11) is 0. The van der Waals surface area contributed by atoms with Crippen LogP contribution in [0.5, 0.6) is 5.75 Å². The molecule has 206 valence electrons. The Labute approximate surface area is 220 Å². The third-order valence-corrected chi connectivity index (χ3v) is 5.45. The monoisotopic (exact) mass is 544 g/mol. The predicted octanol–water partition coefficient (Wildman–Crippen LogP) is 2.44. The second-order valence-electron chi connectivity index (χ2n) is 8.41. The Morgan fingerprint density at radius 2 is 1.46 bits per heavy atom. The number of benzene rings is 1. The fraction of sp³-hybridized carbons (Fsp3) is 0.231. The molecule has 0 aromatic heterocycles. The van der Waals surface area contributed by atoms with Crippen molar-refractivity contribution in [3.63, 3.8) is 0 Å². The first-order chi connectivity index (χ1) is 18.0. The summed E-state index contributed by atoms with van der Waals surface area (Å²) in [5, 5.41) is 38.8. The van der Waals surface area contributed by atoms with E-state index in [0.717, 1.165) is 30.4 Å². The molecular formula is C26H24O13. The van der Waals surface area contributed by atoms with Gasteiger partial charge < -0.3 is 34.6 Å². The van der Waals surface area contributed by atoms with Gasteiger partial charge in [-0.05, 0) is 45.0 Å². The summed E-state index contributed by atoms with van der Waals surface area (Å²) in [6, 6.07) is 2.81. The number of aliphatic carboxylic acids is 2. The molecule has 0 saturated carbocycles. The van der Waals surface area contributed by atoms with Crippen LogP contribution in [0.2, 0.25) is 0 Å². The molecule has 0 aliphatic heterocycles. The molecule has 3 atom stereocenters. The first-order valence-corrected chi connectivity index (χ1v) is 11.0. The molecule has 0 saturated heterocycles. The lowest BCUT2D eigenvalue weighted by atomic mass is 9.74. The molecule has 13 nitrogen and oxygen atoms in total. The number of carboxylic acids is 4. The number of hydrogen-bond donors (Lipinski definition) is 4. The lowest BCUT2D eigenvalue weighted by Crippen LogP contribution is -2.57. The Morgan fingerprint density at radius 3 is 1.92 bits per heavy atom. The van der Waals surface area contributed by atoms with Crippen molar-refractivity contribution >= 4 is 35.8 Å². The van der Waals surface area contributed by atoms with Gasteiger partial charge in [-0.3, -0.25) is 4.79 Å². The Kier molecular flexibility index (Phi) is 8.82. The number of carbonyl (C=O) groups is 6. The number of aromatic carboxylic acids is 2. The van der Waals surface area contributed by atoms with E-state index in [1.54, 1.807) is 0 Å². The van der Waals surface area contributed by atoms with E-state index in [-0.39, 0.29) is 16.9 Å². The summed E-state index contributed by atoms with van der Waals surface area (Å²) < 4.78 is 16.2. The van der Waals surface area contributed by atoms with Crippen LogP contribution in [0.25, 0.3) is 0 Å². The van der Waals surface area contributed by atoms with E-state index in [2.05, 4.69) is 13.2 Å². The molecule has 0 amide bonds. The van der Waals surface area contributed by atoms with Gasteiger partial charge in [0.15, 0.2) is 0 Å². The molecule has 1 aliphatic carbocycles. The van der Waals surface area contributed by atoms with Crippen LogP contribution in [0.15, 0.2) is 66.0 Å². The molecule has 13 heteroatoms. The number of esters is 2. The highest BCUT2D eigenvalue weighted by molar-refractivity contribution is 6.02. The van der Waals surface area contributed by atoms with E-state index in [1.165, 1.54) is 20.8 Å². The van der Waals surface area contributed by atoms with E-state index in [9.17, 15) is 49.2 Å². The lowest BCUT2D eigenvalue weighted by molar-refractivity contribution is -0.183. The average molecular weight is 544 g/mol. The van der Waals surface area contributed by atoms with E-state index in [1.807, 2.05) is 0 Å². The summed E-state index contributed by atoms with van der Waals surface area (Å²) in [5.41, 5.74) is -5.29. The van der Waals surface area contributed by atoms with Crippen molar-refractivity contribution < 1.29 is 63.4 Å². The Balaban J connectivity index is 2.90. The molecule has 0 heterocycles. The van der Waals surface area contributed by atoms with Crippen LogP contribution >= 0.6 is 0 Å². The fourth-order valence-electron chi connectivity index (χ4n) is 3.65. The van der Waals surface area contributed by atoms with Crippen LogP contribution in [-0.4, -0.2) is 67.9 Å². The first-order valence-electron chi connectivity index (χ1n) is 11.0. The highest BCUT2D eigenvalue weighted by Crippen LogP contribution is 2.42. The number of ether oxygens (including phenoxy) is 3. The third-order valence-electron chi connectivity index (χ3n) is 5.45. The van der Waals surface area contributed by atoms with Gasteiger partial charge in [0.05, 0.1) is 16.7 Å². The van der Waals surface area contributed by atoms with Crippen molar-refractivity contribution in [2.45, 2.75) is 32.5 Å². The molecule has 39 heavy (non-hydrogen) atoms. The zero-order valence-electron chi connectivity index (χ0n) is 20.9. The van der Waals surface area contributed by atoms with E-state index < -0.39 is 75.9 Å². The zero-order valence-corrected chi connectivity index (χ0v) is 20.9. The van der Waals surface area contributed by atoms with Crippen molar-refractivity contribution in [1.29, 1.82) is 0 Å². The predicted molar refractivity (Wildman–Crippen MR) is 130 cm³/mol. The summed E-state index contributed by atoms with van der Waals surface area (Å²) >= 11 is 0. The Bertz CT molecular complexity index is 1360. The quantitative estimate of drug-likeness (QED) is 0.233. The smallest absolute Gasteiger partial charge is 0.354 e. The highest BCUT2D eigenvalue weighted by atomic mass is 16.6. The largest absolute Gasteiger partial charge is 0.481 e. The van der Waals surface area contributed by atoms with E-state index >= 15 is 0 Å². The maximum Gasteiger partial charge on any atom is 0.354 e. The minimum Gasteiger partial charge on any atom is -0.481 e. The van der Waals surface area contributed by atoms with Crippen LogP contribution in [-0.2, 0) is 28.7 Å². The fourth-order valence-corrected chi connectivity index (χ4v) is 3.65. The van der Waals surface area contributed by atoms with Gasteiger partial charge in [-0.25, -0.2) is 24.0 Å². The molecule has 0 radical (unpaired) electrons. The molecule has 0 spiro atoms. The standard InChI is InChI=1S/C26H24O13/c1-11(2)23(33)37-13(5)19-18(38-14-6-7-15(20(27)28)16(10-14)21(29)30)9-8-17(22(31)32)26(19,25(35)36)39-24(34)12(3)4/h6-10,13,17H,1,3H2,2,4-5H3,(H,27,28)(H,29,30)(H,31,32)(H,35,36). The molecule has 1 aromatic carbocycles. The maximum atomic E-state index is 12.7. The van der Waals surface area contributed by atoms with Gasteiger partial charge in [0.1, 0.15) is 23.5 Å². The molecule has 1 aromatic rings. The van der Waals surface area contributed by atoms with Crippen molar-refractivity contribution in [2.75, 3.05) is 0 Å². The summed E-state index contributed by atoms with van der Waals surface area (Å²) in [6.07, 6.45) is 0.265. The maximum absolute atomic E-state index is 12.7. The molecule has 4 N–H and O–H groups in total. The van der Waals surface area contributed by atoms with Gasteiger partial charge in [-0.15, -0.1) is 0 Å². The van der Waals surface area contributed by atoms with Crippen molar-refractivity contribution in [2.24, 2.45) is 5.92 Å². The van der Waals surface area contributed by atoms with E-state index in [0.29, 0.717) is 0 Å². The third kappa shape index (κ3) is 6.04. The van der Waals surface area contributed by atoms with Crippen LogP contribution in [0, 0.1) is 5.92 Å². The van der Waals surface area contributed by atoms with Crippen LogP contribution in [0.1, 0.15) is 41.5 Å². The zero-order chi connectivity index (χ0) is 29.8. The van der Waals surface area contributed by atoms with Gasteiger partial charge >= 0.3 is 35.8 Å². The molecule has 0 bridgehead atoms. The van der Waals surface area contributed by atoms with Crippen LogP contribution < -0.4 is 4.74 Å². The minimum atomic E-state index is -3.03. The average Bonchev–Trinajstić information content (AvgIpc) is 2.82. The second-order valence-corrected chi connectivity index (χ2v) is 8.41.